The largest absolute Gasteiger partial charge is 0.360 e. The highest BCUT2D eigenvalue weighted by molar-refractivity contribution is 6.03. The van der Waals surface area contributed by atoms with E-state index in [-0.39, 0.29) is 11.6 Å². The van der Waals surface area contributed by atoms with Crippen molar-refractivity contribution in [2.45, 2.75) is 20.8 Å². The maximum atomic E-state index is 12.9. The molecule has 1 amide bonds. The normalized spacial score (nSPS) is 10.6. The average Bonchev–Trinajstić information content (AvgIpc) is 3.15. The molecule has 150 valence electrons. The second kappa shape index (κ2) is 8.16. The maximum absolute atomic E-state index is 12.9. The molecule has 0 spiro atoms. The number of nitrogens with one attached hydrogen (secondary N) is 2. The molecule has 2 N–H and O–H groups in total. The Morgan fingerprint density at radius 3 is 2.37 bits per heavy atom. The smallest absolute Gasteiger partial charge is 0.274 e. The van der Waals surface area contributed by atoms with Crippen molar-refractivity contribution in [1.29, 1.82) is 0 Å². The molecule has 4 aromatic rings. The quantitative estimate of drug-likeness (QED) is 0.488. The van der Waals surface area contributed by atoms with E-state index in [1.807, 2.05) is 62.4 Å². The number of benzene rings is 2. The van der Waals surface area contributed by atoms with Crippen LogP contribution in [0.3, 0.4) is 0 Å². The molecule has 0 saturated heterocycles. The molecule has 7 nitrogen and oxygen atoms in total. The minimum absolute atomic E-state index is 0.241. The molecule has 0 bridgehead atoms. The fourth-order valence-electron chi connectivity index (χ4n) is 2.91. The molecule has 0 atom stereocenters. The first-order valence-corrected chi connectivity index (χ1v) is 9.51. The van der Waals surface area contributed by atoms with Crippen LogP contribution in [0.5, 0.6) is 0 Å². The predicted molar refractivity (Wildman–Crippen MR) is 116 cm³/mol. The van der Waals surface area contributed by atoms with Gasteiger partial charge in [0.05, 0.1) is 0 Å². The molecule has 0 aliphatic rings. The zero-order valence-electron chi connectivity index (χ0n) is 16.9. The van der Waals surface area contributed by atoms with Crippen LogP contribution >= 0.6 is 0 Å². The fraction of sp³-hybridized carbons (Fsp3) is 0.130. The Bertz CT molecular complexity index is 1200. The summed E-state index contributed by atoms with van der Waals surface area (Å²) in [5.74, 6) is 1.74. The number of carbonyl (C=O) groups excluding carboxylic acids is 1. The van der Waals surface area contributed by atoms with E-state index in [2.05, 4.69) is 25.8 Å². The molecule has 0 radical (unpaired) electrons. The highest BCUT2D eigenvalue weighted by Gasteiger charge is 2.15. The molecule has 0 saturated carbocycles. The first-order chi connectivity index (χ1) is 14.5. The molecule has 0 aliphatic heterocycles. The number of aromatic nitrogens is 3. The summed E-state index contributed by atoms with van der Waals surface area (Å²) in [5, 5.41) is 9.91. The highest BCUT2D eigenvalue weighted by atomic mass is 16.5. The molecule has 4 rings (SSSR count). The van der Waals surface area contributed by atoms with Crippen LogP contribution in [0.25, 0.3) is 11.4 Å². The van der Waals surface area contributed by atoms with Crippen LogP contribution in [-0.2, 0) is 0 Å². The number of anilines is 3. The van der Waals surface area contributed by atoms with Crippen LogP contribution in [0, 0.1) is 20.8 Å². The molecule has 0 unspecified atom stereocenters. The van der Waals surface area contributed by atoms with Crippen molar-refractivity contribution in [3.8, 4) is 11.4 Å². The van der Waals surface area contributed by atoms with Gasteiger partial charge < -0.3 is 15.2 Å². The summed E-state index contributed by atoms with van der Waals surface area (Å²) in [4.78, 5) is 22.0. The Hall–Kier alpha value is -4.00. The van der Waals surface area contributed by atoms with Crippen LogP contribution in [0.2, 0.25) is 0 Å². The number of carbonyl (C=O) groups is 1. The third kappa shape index (κ3) is 4.35. The van der Waals surface area contributed by atoms with Gasteiger partial charge in [-0.3, -0.25) is 4.79 Å². The van der Waals surface area contributed by atoms with Gasteiger partial charge in [-0.2, -0.15) is 0 Å². The summed E-state index contributed by atoms with van der Waals surface area (Å²) < 4.78 is 5.09. The molecular formula is C23H21N5O2. The number of rotatable bonds is 5. The Labute approximate surface area is 174 Å². The van der Waals surface area contributed by atoms with E-state index in [1.165, 1.54) is 0 Å². The van der Waals surface area contributed by atoms with Crippen molar-refractivity contribution >= 4 is 23.2 Å². The van der Waals surface area contributed by atoms with Gasteiger partial charge in [0.25, 0.3) is 5.91 Å². The van der Waals surface area contributed by atoms with Crippen molar-refractivity contribution in [1.82, 2.24) is 15.1 Å². The zero-order chi connectivity index (χ0) is 21.1. The highest BCUT2D eigenvalue weighted by Crippen LogP contribution is 2.22. The molecule has 30 heavy (non-hydrogen) atoms. The van der Waals surface area contributed by atoms with E-state index < -0.39 is 0 Å². The lowest BCUT2D eigenvalue weighted by Crippen LogP contribution is -2.15. The Morgan fingerprint density at radius 2 is 1.67 bits per heavy atom. The molecule has 2 aromatic carbocycles. The van der Waals surface area contributed by atoms with Crippen LogP contribution in [0.15, 0.2) is 65.2 Å². The third-order valence-corrected chi connectivity index (χ3v) is 4.64. The van der Waals surface area contributed by atoms with Crippen molar-refractivity contribution in [2.75, 3.05) is 10.6 Å². The SMILES string of the molecule is Cc1cc(Nc2cc(C(=O)Nc3ccc(C)c(C)c3)nc(-c3ccccc3)n2)no1. The topological polar surface area (TPSA) is 92.9 Å². The minimum atomic E-state index is -0.322. The van der Waals surface area contributed by atoms with E-state index in [0.29, 0.717) is 28.9 Å². The van der Waals surface area contributed by atoms with E-state index in [1.54, 1.807) is 19.1 Å². The lowest BCUT2D eigenvalue weighted by Gasteiger charge is -2.10. The zero-order valence-corrected chi connectivity index (χ0v) is 16.9. The van der Waals surface area contributed by atoms with Gasteiger partial charge in [-0.15, -0.1) is 0 Å². The lowest BCUT2D eigenvalue weighted by molar-refractivity contribution is 0.102. The Balaban J connectivity index is 1.69. The summed E-state index contributed by atoms with van der Waals surface area (Å²) in [6.07, 6.45) is 0. The summed E-state index contributed by atoms with van der Waals surface area (Å²) in [6, 6.07) is 18.6. The van der Waals surface area contributed by atoms with Gasteiger partial charge in [0, 0.05) is 23.4 Å². The lowest BCUT2D eigenvalue weighted by atomic mass is 10.1. The van der Waals surface area contributed by atoms with Gasteiger partial charge in [-0.05, 0) is 44.0 Å². The standard InChI is InChI=1S/C23H21N5O2/c1-14-9-10-18(11-15(14)2)24-23(29)19-13-20(26-21-12-16(3)30-28-21)27-22(25-19)17-7-5-4-6-8-17/h4-13H,1-3H3,(H,24,29)(H,25,26,27,28). The summed E-state index contributed by atoms with van der Waals surface area (Å²) in [7, 11) is 0. The molecule has 0 aliphatic carbocycles. The van der Waals surface area contributed by atoms with Crippen LogP contribution in [0.4, 0.5) is 17.3 Å². The molecule has 2 aromatic heterocycles. The van der Waals surface area contributed by atoms with E-state index >= 15 is 0 Å². The summed E-state index contributed by atoms with van der Waals surface area (Å²) >= 11 is 0. The van der Waals surface area contributed by atoms with Gasteiger partial charge in [0.1, 0.15) is 17.3 Å². The van der Waals surface area contributed by atoms with Gasteiger partial charge >= 0.3 is 0 Å². The van der Waals surface area contributed by atoms with E-state index in [4.69, 9.17) is 4.52 Å². The molecular weight excluding hydrogens is 378 g/mol. The van der Waals surface area contributed by atoms with E-state index in [0.717, 1.165) is 16.7 Å². The maximum Gasteiger partial charge on any atom is 0.274 e. The van der Waals surface area contributed by atoms with Crippen LogP contribution < -0.4 is 10.6 Å². The van der Waals surface area contributed by atoms with E-state index in [9.17, 15) is 4.79 Å². The van der Waals surface area contributed by atoms with Gasteiger partial charge in [0.15, 0.2) is 11.6 Å². The Kier molecular flexibility index (Phi) is 5.26. The molecule has 2 heterocycles. The first-order valence-electron chi connectivity index (χ1n) is 9.51. The number of hydrogen-bond acceptors (Lipinski definition) is 6. The number of nitrogens with zero attached hydrogens (tertiary/aromatic N) is 3. The first kappa shape index (κ1) is 19.3. The average molecular weight is 399 g/mol. The van der Waals surface area contributed by atoms with Crippen molar-refractivity contribution in [2.24, 2.45) is 0 Å². The predicted octanol–water partition coefficient (Wildman–Crippen LogP) is 5.05. The number of amides is 1. The van der Waals surface area contributed by atoms with Crippen molar-refractivity contribution < 1.29 is 9.32 Å². The van der Waals surface area contributed by atoms with Gasteiger partial charge in [0.2, 0.25) is 0 Å². The summed E-state index contributed by atoms with van der Waals surface area (Å²) in [5.41, 5.74) is 4.02. The second-order valence-electron chi connectivity index (χ2n) is 7.03. The van der Waals surface area contributed by atoms with Crippen LogP contribution in [-0.4, -0.2) is 21.0 Å². The van der Waals surface area contributed by atoms with Crippen molar-refractivity contribution in [3.05, 3.63) is 83.2 Å². The van der Waals surface area contributed by atoms with Gasteiger partial charge in [-0.25, -0.2) is 9.97 Å². The van der Waals surface area contributed by atoms with Crippen molar-refractivity contribution in [3.63, 3.8) is 0 Å². The monoisotopic (exact) mass is 399 g/mol. The number of hydrogen-bond donors (Lipinski definition) is 2. The molecule has 0 fully saturated rings. The molecule has 7 heteroatoms. The minimum Gasteiger partial charge on any atom is -0.360 e. The fourth-order valence-corrected chi connectivity index (χ4v) is 2.91. The second-order valence-corrected chi connectivity index (χ2v) is 7.03. The number of aryl methyl sites for hydroxylation is 3. The van der Waals surface area contributed by atoms with Crippen LogP contribution in [0.1, 0.15) is 27.4 Å². The summed E-state index contributed by atoms with van der Waals surface area (Å²) in [6.45, 7) is 5.84. The Morgan fingerprint density at radius 1 is 0.867 bits per heavy atom. The van der Waals surface area contributed by atoms with Gasteiger partial charge in [-0.1, -0.05) is 41.6 Å². The third-order valence-electron chi connectivity index (χ3n) is 4.64.